The molecule has 1 unspecified atom stereocenters. The average molecular weight is 191 g/mol. The van der Waals surface area contributed by atoms with E-state index in [-0.39, 0.29) is 10.7 Å². The standard InChI is InChI=1S/C8H17NO2S/c1-4-5(8(2,3)12)6(9)7(10)11/h5-6,12H,4,9H2,1-3H3,(H,10,11)/t5?,6-/m0/s1. The van der Waals surface area contributed by atoms with Crippen LogP contribution in [0.1, 0.15) is 27.2 Å². The van der Waals surface area contributed by atoms with Crippen LogP contribution in [0.15, 0.2) is 0 Å². The summed E-state index contributed by atoms with van der Waals surface area (Å²) in [6, 6.07) is -0.817. The molecular formula is C8H17NO2S. The van der Waals surface area contributed by atoms with Gasteiger partial charge in [-0.1, -0.05) is 20.8 Å². The molecule has 0 aromatic heterocycles. The monoisotopic (exact) mass is 191 g/mol. The van der Waals surface area contributed by atoms with E-state index in [0.717, 1.165) is 6.42 Å². The summed E-state index contributed by atoms with van der Waals surface area (Å²) in [5.74, 6) is -1.05. The minimum atomic E-state index is -0.955. The molecular weight excluding hydrogens is 174 g/mol. The van der Waals surface area contributed by atoms with Gasteiger partial charge in [0.05, 0.1) is 0 Å². The number of nitrogens with two attached hydrogens (primary N) is 1. The van der Waals surface area contributed by atoms with Crippen LogP contribution in [0.4, 0.5) is 0 Å². The van der Waals surface area contributed by atoms with Crippen molar-refractivity contribution in [2.45, 2.75) is 38.0 Å². The van der Waals surface area contributed by atoms with Crippen molar-refractivity contribution >= 4 is 18.6 Å². The lowest BCUT2D eigenvalue weighted by atomic mass is 9.86. The van der Waals surface area contributed by atoms with E-state index in [2.05, 4.69) is 12.6 Å². The summed E-state index contributed by atoms with van der Waals surface area (Å²) in [6.45, 7) is 5.69. The van der Waals surface area contributed by atoms with Gasteiger partial charge in [-0.3, -0.25) is 4.79 Å². The van der Waals surface area contributed by atoms with Crippen LogP contribution in [0.3, 0.4) is 0 Å². The maximum atomic E-state index is 10.6. The Morgan fingerprint density at radius 1 is 1.67 bits per heavy atom. The molecule has 0 fully saturated rings. The van der Waals surface area contributed by atoms with Gasteiger partial charge in [-0.15, -0.1) is 0 Å². The highest BCUT2D eigenvalue weighted by molar-refractivity contribution is 7.81. The Morgan fingerprint density at radius 3 is 2.17 bits per heavy atom. The molecule has 0 heterocycles. The molecule has 0 aliphatic heterocycles. The number of hydrogen-bond acceptors (Lipinski definition) is 3. The average Bonchev–Trinajstić information content (AvgIpc) is 1.85. The molecule has 0 saturated carbocycles. The molecule has 0 aromatic rings. The third kappa shape index (κ3) is 3.03. The first-order valence-corrected chi connectivity index (χ1v) is 4.46. The number of carbonyl (C=O) groups is 1. The molecule has 12 heavy (non-hydrogen) atoms. The Balaban J connectivity index is 4.45. The number of carboxylic acids is 1. The largest absolute Gasteiger partial charge is 0.480 e. The summed E-state index contributed by atoms with van der Waals surface area (Å²) in [5, 5.41) is 8.69. The maximum Gasteiger partial charge on any atom is 0.320 e. The zero-order valence-corrected chi connectivity index (χ0v) is 8.64. The third-order valence-corrected chi connectivity index (χ3v) is 2.40. The summed E-state index contributed by atoms with van der Waals surface area (Å²) in [7, 11) is 0. The van der Waals surface area contributed by atoms with Crippen LogP contribution in [0, 0.1) is 5.92 Å². The fraction of sp³-hybridized carbons (Fsp3) is 0.875. The number of rotatable bonds is 4. The van der Waals surface area contributed by atoms with Crippen molar-refractivity contribution in [2.24, 2.45) is 11.7 Å². The molecule has 0 bridgehead atoms. The summed E-state index contributed by atoms with van der Waals surface area (Å²) in [6.07, 6.45) is 0.726. The first-order chi connectivity index (χ1) is 5.30. The molecule has 3 N–H and O–H groups in total. The lowest BCUT2D eigenvalue weighted by Crippen LogP contribution is -2.45. The zero-order valence-electron chi connectivity index (χ0n) is 7.74. The predicted octanol–water partition coefficient (Wildman–Crippen LogP) is 1.13. The molecule has 72 valence electrons. The molecule has 3 nitrogen and oxygen atoms in total. The lowest BCUT2D eigenvalue weighted by molar-refractivity contribution is -0.140. The highest BCUT2D eigenvalue weighted by Crippen LogP contribution is 2.28. The molecule has 0 radical (unpaired) electrons. The van der Waals surface area contributed by atoms with Crippen LogP contribution in [0.25, 0.3) is 0 Å². The normalized spacial score (nSPS) is 17.1. The van der Waals surface area contributed by atoms with Crippen LogP contribution in [0.5, 0.6) is 0 Å². The first-order valence-electron chi connectivity index (χ1n) is 4.01. The number of aliphatic carboxylic acids is 1. The highest BCUT2D eigenvalue weighted by atomic mass is 32.1. The van der Waals surface area contributed by atoms with Gasteiger partial charge in [-0.2, -0.15) is 12.6 Å². The second kappa shape index (κ2) is 4.14. The number of thiol groups is 1. The fourth-order valence-corrected chi connectivity index (χ4v) is 1.71. The van der Waals surface area contributed by atoms with E-state index < -0.39 is 12.0 Å². The molecule has 0 aliphatic rings. The molecule has 0 saturated heterocycles. The highest BCUT2D eigenvalue weighted by Gasteiger charge is 2.33. The van der Waals surface area contributed by atoms with Crippen molar-refractivity contribution in [1.29, 1.82) is 0 Å². The van der Waals surface area contributed by atoms with Gasteiger partial charge in [0.25, 0.3) is 0 Å². The van der Waals surface area contributed by atoms with E-state index in [1.807, 2.05) is 20.8 Å². The minimum Gasteiger partial charge on any atom is -0.480 e. The molecule has 0 rings (SSSR count). The van der Waals surface area contributed by atoms with Gasteiger partial charge in [0.1, 0.15) is 6.04 Å². The molecule has 4 heteroatoms. The van der Waals surface area contributed by atoms with E-state index in [0.29, 0.717) is 0 Å². The van der Waals surface area contributed by atoms with E-state index in [4.69, 9.17) is 10.8 Å². The Bertz CT molecular complexity index is 165. The van der Waals surface area contributed by atoms with Crippen molar-refractivity contribution in [3.05, 3.63) is 0 Å². The lowest BCUT2D eigenvalue weighted by Gasteiger charge is -2.31. The van der Waals surface area contributed by atoms with Gasteiger partial charge in [0.15, 0.2) is 0 Å². The fourth-order valence-electron chi connectivity index (χ4n) is 1.36. The number of hydrogen-bond donors (Lipinski definition) is 3. The number of carboxylic acid groups (broad SMARTS) is 1. The van der Waals surface area contributed by atoms with Crippen molar-refractivity contribution in [3.63, 3.8) is 0 Å². The topological polar surface area (TPSA) is 63.3 Å². The molecule has 0 aromatic carbocycles. The third-order valence-electron chi connectivity index (χ3n) is 2.07. The smallest absolute Gasteiger partial charge is 0.320 e. The van der Waals surface area contributed by atoms with Gasteiger partial charge < -0.3 is 10.8 Å². The molecule has 2 atom stereocenters. The van der Waals surface area contributed by atoms with Crippen molar-refractivity contribution < 1.29 is 9.90 Å². The van der Waals surface area contributed by atoms with Crippen LogP contribution in [-0.2, 0) is 4.79 Å². The summed E-state index contributed by atoms with van der Waals surface area (Å²) < 4.78 is -0.341. The first kappa shape index (κ1) is 11.8. The van der Waals surface area contributed by atoms with E-state index in [9.17, 15) is 4.79 Å². The van der Waals surface area contributed by atoms with E-state index >= 15 is 0 Å². The van der Waals surface area contributed by atoms with Crippen LogP contribution < -0.4 is 5.73 Å². The molecule has 0 aliphatic carbocycles. The van der Waals surface area contributed by atoms with Crippen molar-refractivity contribution in [2.75, 3.05) is 0 Å². The second-order valence-electron chi connectivity index (χ2n) is 3.53. The van der Waals surface area contributed by atoms with Crippen LogP contribution in [-0.4, -0.2) is 21.9 Å². The quantitative estimate of drug-likeness (QED) is 0.584. The second-order valence-corrected chi connectivity index (χ2v) is 4.69. The van der Waals surface area contributed by atoms with Crippen molar-refractivity contribution in [1.82, 2.24) is 0 Å². The van der Waals surface area contributed by atoms with Gasteiger partial charge in [-0.25, -0.2) is 0 Å². The molecule has 0 spiro atoms. The Labute approximate surface area is 78.7 Å². The van der Waals surface area contributed by atoms with E-state index in [1.165, 1.54) is 0 Å². The Kier molecular flexibility index (Phi) is 4.06. The summed E-state index contributed by atoms with van der Waals surface area (Å²) in [4.78, 5) is 10.6. The van der Waals surface area contributed by atoms with Crippen LogP contribution in [0.2, 0.25) is 0 Å². The molecule has 0 amide bonds. The zero-order chi connectivity index (χ0) is 9.94. The Morgan fingerprint density at radius 2 is 2.08 bits per heavy atom. The van der Waals surface area contributed by atoms with Crippen LogP contribution >= 0.6 is 12.6 Å². The SMILES string of the molecule is CCC([C@H](N)C(=O)O)C(C)(C)S. The van der Waals surface area contributed by atoms with Gasteiger partial charge in [-0.05, 0) is 12.3 Å². The summed E-state index contributed by atoms with van der Waals surface area (Å²) >= 11 is 4.32. The Hall–Kier alpha value is -0.220. The van der Waals surface area contributed by atoms with Gasteiger partial charge >= 0.3 is 5.97 Å². The van der Waals surface area contributed by atoms with E-state index in [1.54, 1.807) is 0 Å². The maximum absolute atomic E-state index is 10.6. The van der Waals surface area contributed by atoms with Crippen molar-refractivity contribution in [3.8, 4) is 0 Å². The summed E-state index contributed by atoms with van der Waals surface area (Å²) in [5.41, 5.74) is 5.51. The minimum absolute atomic E-state index is 0.0988. The predicted molar refractivity (Wildman–Crippen MR) is 52.5 cm³/mol. The van der Waals surface area contributed by atoms with Gasteiger partial charge in [0.2, 0.25) is 0 Å². The van der Waals surface area contributed by atoms with Gasteiger partial charge in [0, 0.05) is 4.75 Å².